The molecular weight excluding hydrogens is 448 g/mol. The molecule has 34 heavy (non-hydrogen) atoms. The number of amides is 1. The van der Waals surface area contributed by atoms with Crippen LogP contribution in [0.15, 0.2) is 68.9 Å². The van der Waals surface area contributed by atoms with E-state index in [1.54, 1.807) is 30.0 Å². The Labute approximate surface area is 203 Å². The van der Waals surface area contributed by atoms with E-state index in [1.165, 1.54) is 11.8 Å². The van der Waals surface area contributed by atoms with E-state index in [0.717, 1.165) is 22.4 Å². The van der Waals surface area contributed by atoms with E-state index in [4.69, 9.17) is 14.1 Å². The normalized spacial score (nSPS) is 16.0. The molecule has 1 saturated heterocycles. The predicted octanol–water partition coefficient (Wildman–Crippen LogP) is 6.36. The van der Waals surface area contributed by atoms with Gasteiger partial charge < -0.3 is 9.15 Å². The Morgan fingerprint density at radius 2 is 1.85 bits per heavy atom. The van der Waals surface area contributed by atoms with Crippen molar-refractivity contribution in [3.8, 4) is 11.3 Å². The number of thioether (sulfide) groups is 1. The molecule has 0 N–H and O–H groups in total. The summed E-state index contributed by atoms with van der Waals surface area (Å²) in [6.45, 7) is 8.61. The van der Waals surface area contributed by atoms with E-state index < -0.39 is 0 Å². The highest BCUT2D eigenvalue weighted by Crippen LogP contribution is 2.35. The van der Waals surface area contributed by atoms with Crippen LogP contribution < -0.4 is 0 Å². The minimum absolute atomic E-state index is 0.0895. The molecular formula is C27H26N2O4S. The molecule has 1 aliphatic heterocycles. The lowest BCUT2D eigenvalue weighted by molar-refractivity contribution is -0.122. The van der Waals surface area contributed by atoms with E-state index in [1.807, 2.05) is 63.2 Å². The Morgan fingerprint density at radius 3 is 2.56 bits per heavy atom. The zero-order valence-electron chi connectivity index (χ0n) is 19.6. The number of carbonyl (C=O) groups is 2. The number of nitrogens with zero attached hydrogens (tertiary/aromatic N) is 2. The molecule has 4 rings (SSSR count). The van der Waals surface area contributed by atoms with Gasteiger partial charge in [0, 0.05) is 18.2 Å². The van der Waals surface area contributed by atoms with Gasteiger partial charge in [0.2, 0.25) is 0 Å². The third-order valence-corrected chi connectivity index (χ3v) is 6.37. The highest BCUT2D eigenvalue weighted by atomic mass is 32.2. The first kappa shape index (κ1) is 23.6. The first-order valence-electron chi connectivity index (χ1n) is 11.1. The van der Waals surface area contributed by atoms with Crippen molar-refractivity contribution >= 4 is 40.6 Å². The number of benzene rings is 2. The minimum atomic E-state index is -0.352. The van der Waals surface area contributed by atoms with Crippen LogP contribution in [0.1, 0.15) is 41.1 Å². The third kappa shape index (κ3) is 4.99. The summed E-state index contributed by atoms with van der Waals surface area (Å²) in [7, 11) is 0. The SMILES string of the molecule is CCOC(=O)c1ccc(-c2ccc(C=C3SC(=Nc4cc(C)ccc4C)N(CC)C3=O)o2)cc1. The summed E-state index contributed by atoms with van der Waals surface area (Å²) in [6.07, 6.45) is 1.75. The van der Waals surface area contributed by atoms with E-state index >= 15 is 0 Å². The molecule has 174 valence electrons. The van der Waals surface area contributed by atoms with Crippen LogP contribution in [0.25, 0.3) is 17.4 Å². The molecule has 0 radical (unpaired) electrons. The number of esters is 1. The number of likely N-dealkylation sites (N-methyl/N-ethyl adjacent to an activating group) is 1. The fourth-order valence-corrected chi connectivity index (χ4v) is 4.55. The number of ether oxygens (including phenoxy) is 1. The molecule has 1 fully saturated rings. The summed E-state index contributed by atoms with van der Waals surface area (Å²) in [6, 6.07) is 16.8. The molecule has 1 aliphatic rings. The fraction of sp³-hybridized carbons (Fsp3) is 0.222. The van der Waals surface area contributed by atoms with Gasteiger partial charge in [-0.1, -0.05) is 24.3 Å². The third-order valence-electron chi connectivity index (χ3n) is 5.37. The lowest BCUT2D eigenvalue weighted by Gasteiger charge is -2.12. The highest BCUT2D eigenvalue weighted by molar-refractivity contribution is 8.18. The van der Waals surface area contributed by atoms with Gasteiger partial charge >= 0.3 is 5.97 Å². The molecule has 0 aliphatic carbocycles. The van der Waals surface area contributed by atoms with E-state index in [9.17, 15) is 9.59 Å². The molecule has 0 saturated carbocycles. The molecule has 7 heteroatoms. The maximum Gasteiger partial charge on any atom is 0.338 e. The maximum atomic E-state index is 13.0. The van der Waals surface area contributed by atoms with E-state index in [2.05, 4.69) is 0 Å². The molecule has 1 aromatic heterocycles. The van der Waals surface area contributed by atoms with Crippen molar-refractivity contribution in [1.29, 1.82) is 0 Å². The summed E-state index contributed by atoms with van der Waals surface area (Å²) >= 11 is 1.35. The Kier molecular flexibility index (Phi) is 7.03. The molecule has 0 atom stereocenters. The monoisotopic (exact) mass is 474 g/mol. The highest BCUT2D eigenvalue weighted by Gasteiger charge is 2.32. The van der Waals surface area contributed by atoms with Crippen LogP contribution in [0.4, 0.5) is 5.69 Å². The Bertz CT molecular complexity index is 1290. The van der Waals surface area contributed by atoms with Crippen molar-refractivity contribution in [1.82, 2.24) is 4.90 Å². The molecule has 2 heterocycles. The Hall–Kier alpha value is -3.58. The van der Waals surface area contributed by atoms with Crippen LogP contribution in [0.5, 0.6) is 0 Å². The number of amidine groups is 1. The summed E-state index contributed by atoms with van der Waals surface area (Å²) in [5, 5.41) is 0.661. The van der Waals surface area contributed by atoms with Crippen molar-refractivity contribution < 1.29 is 18.7 Å². The van der Waals surface area contributed by atoms with E-state index in [-0.39, 0.29) is 11.9 Å². The number of aryl methyl sites for hydroxylation is 2. The van der Waals surface area contributed by atoms with Gasteiger partial charge in [-0.2, -0.15) is 0 Å². The van der Waals surface area contributed by atoms with E-state index in [0.29, 0.717) is 40.3 Å². The molecule has 6 nitrogen and oxygen atoms in total. The van der Waals surface area contributed by atoms with Gasteiger partial charge in [0.1, 0.15) is 11.5 Å². The second-order valence-electron chi connectivity index (χ2n) is 7.84. The summed E-state index contributed by atoms with van der Waals surface area (Å²) < 4.78 is 11.0. The average Bonchev–Trinajstić information content (AvgIpc) is 3.41. The standard InChI is InChI=1S/C27H26N2O4S/c1-5-29-25(30)24(34-27(29)28-22-15-17(3)7-8-18(22)4)16-21-13-14-23(33-21)19-9-11-20(12-10-19)26(31)32-6-2/h7-16H,5-6H2,1-4H3. The van der Waals surface area contributed by atoms with Crippen LogP contribution >= 0.6 is 11.8 Å². The van der Waals surface area contributed by atoms with Gasteiger partial charge in [-0.05, 0) is 80.9 Å². The molecule has 0 unspecified atom stereocenters. The van der Waals surface area contributed by atoms with Gasteiger partial charge in [-0.3, -0.25) is 9.69 Å². The molecule has 2 aromatic carbocycles. The summed E-state index contributed by atoms with van der Waals surface area (Å²) in [5.74, 6) is 0.779. The average molecular weight is 475 g/mol. The van der Waals surface area contributed by atoms with Crippen LogP contribution in [-0.2, 0) is 9.53 Å². The van der Waals surface area contributed by atoms with Crippen LogP contribution in [0, 0.1) is 13.8 Å². The number of carbonyl (C=O) groups excluding carboxylic acids is 2. The molecule has 3 aromatic rings. The fourth-order valence-electron chi connectivity index (χ4n) is 3.51. The zero-order chi connectivity index (χ0) is 24.2. The predicted molar refractivity (Wildman–Crippen MR) is 136 cm³/mol. The first-order chi connectivity index (χ1) is 16.4. The maximum absolute atomic E-state index is 13.0. The number of rotatable bonds is 6. The topological polar surface area (TPSA) is 72.1 Å². The summed E-state index contributed by atoms with van der Waals surface area (Å²) in [4.78, 5) is 31.9. The number of hydrogen-bond acceptors (Lipinski definition) is 6. The van der Waals surface area contributed by atoms with Crippen molar-refractivity contribution in [2.45, 2.75) is 27.7 Å². The quantitative estimate of drug-likeness (QED) is 0.307. The van der Waals surface area contributed by atoms with Gasteiger partial charge in [-0.25, -0.2) is 9.79 Å². The van der Waals surface area contributed by atoms with Gasteiger partial charge in [0.15, 0.2) is 5.17 Å². The lowest BCUT2D eigenvalue weighted by atomic mass is 10.1. The zero-order valence-corrected chi connectivity index (χ0v) is 20.4. The molecule has 0 bridgehead atoms. The largest absolute Gasteiger partial charge is 0.462 e. The second-order valence-corrected chi connectivity index (χ2v) is 8.85. The van der Waals surface area contributed by atoms with Gasteiger partial charge in [-0.15, -0.1) is 0 Å². The minimum Gasteiger partial charge on any atom is -0.462 e. The number of furan rings is 1. The Morgan fingerprint density at radius 1 is 1.09 bits per heavy atom. The van der Waals surface area contributed by atoms with Crippen LogP contribution in [-0.4, -0.2) is 35.1 Å². The first-order valence-corrected chi connectivity index (χ1v) is 12.0. The van der Waals surface area contributed by atoms with Gasteiger partial charge in [0.25, 0.3) is 5.91 Å². The molecule has 0 spiro atoms. The van der Waals surface area contributed by atoms with Gasteiger partial charge in [0.05, 0.1) is 22.8 Å². The van der Waals surface area contributed by atoms with Crippen molar-refractivity contribution in [3.63, 3.8) is 0 Å². The van der Waals surface area contributed by atoms with Crippen molar-refractivity contribution in [2.24, 2.45) is 4.99 Å². The van der Waals surface area contributed by atoms with Crippen molar-refractivity contribution in [2.75, 3.05) is 13.2 Å². The van der Waals surface area contributed by atoms with Crippen LogP contribution in [0.2, 0.25) is 0 Å². The number of hydrogen-bond donors (Lipinski definition) is 0. The van der Waals surface area contributed by atoms with Crippen molar-refractivity contribution in [3.05, 3.63) is 82.0 Å². The second kappa shape index (κ2) is 10.1. The summed E-state index contributed by atoms with van der Waals surface area (Å²) in [5.41, 5.74) is 4.36. The Balaban J connectivity index is 1.57. The number of aliphatic imine (C=N–C) groups is 1. The molecule has 1 amide bonds. The van der Waals surface area contributed by atoms with Crippen LogP contribution in [0.3, 0.4) is 0 Å². The smallest absolute Gasteiger partial charge is 0.338 e. The lowest BCUT2D eigenvalue weighted by Crippen LogP contribution is -2.28.